The van der Waals surface area contributed by atoms with E-state index in [1.54, 1.807) is 40.4 Å². The highest BCUT2D eigenvalue weighted by atomic mass is 35.5. The Morgan fingerprint density at radius 1 is 0.974 bits per heavy atom. The molecule has 1 aromatic heterocycles. The highest BCUT2D eigenvalue weighted by Gasteiger charge is 2.33. The summed E-state index contributed by atoms with van der Waals surface area (Å²) in [6, 6.07) is 22.7. The van der Waals surface area contributed by atoms with Gasteiger partial charge in [0.15, 0.2) is 0 Å². The van der Waals surface area contributed by atoms with E-state index in [1.165, 1.54) is 0 Å². The fourth-order valence-electron chi connectivity index (χ4n) is 4.75. The largest absolute Gasteiger partial charge is 0.492 e. The predicted octanol–water partition coefficient (Wildman–Crippen LogP) is 3.71. The fourth-order valence-corrected chi connectivity index (χ4v) is 4.88. The molecule has 0 aliphatic carbocycles. The van der Waals surface area contributed by atoms with Crippen molar-refractivity contribution < 1.29 is 19.3 Å². The van der Waals surface area contributed by atoms with Crippen LogP contribution in [0.2, 0.25) is 5.02 Å². The van der Waals surface area contributed by atoms with Gasteiger partial charge >= 0.3 is 5.69 Å². The van der Waals surface area contributed by atoms with Gasteiger partial charge in [-0.05, 0) is 54.1 Å². The molecule has 38 heavy (non-hydrogen) atoms. The van der Waals surface area contributed by atoms with Gasteiger partial charge in [0.25, 0.3) is 0 Å². The zero-order valence-electron chi connectivity index (χ0n) is 21.4. The molecule has 9 heteroatoms. The molecular formula is C29H32ClN3O5. The van der Waals surface area contributed by atoms with Crippen molar-refractivity contribution in [2.24, 2.45) is 7.05 Å². The number of fused-ring (bicyclic) bond motifs is 1. The van der Waals surface area contributed by atoms with Crippen molar-refractivity contribution in [3.8, 4) is 11.5 Å². The van der Waals surface area contributed by atoms with Gasteiger partial charge in [0.1, 0.15) is 30.3 Å². The minimum absolute atomic E-state index is 0.0508. The summed E-state index contributed by atoms with van der Waals surface area (Å²) in [5.41, 5.74) is 1.73. The number of aliphatic hydroxyl groups is 1. The Kier molecular flexibility index (Phi) is 8.04. The molecule has 1 saturated heterocycles. The topological polar surface area (TPSA) is 78.1 Å². The van der Waals surface area contributed by atoms with Gasteiger partial charge in [-0.2, -0.15) is 0 Å². The van der Waals surface area contributed by atoms with Gasteiger partial charge in [0.05, 0.1) is 30.8 Å². The van der Waals surface area contributed by atoms with E-state index >= 15 is 0 Å². The predicted molar refractivity (Wildman–Crippen MR) is 147 cm³/mol. The van der Waals surface area contributed by atoms with E-state index in [0.717, 1.165) is 22.3 Å². The quantitative estimate of drug-likeness (QED) is 0.351. The number of imidazole rings is 1. The molecule has 1 aliphatic heterocycles. The van der Waals surface area contributed by atoms with Crippen LogP contribution in [0.5, 0.6) is 11.5 Å². The molecule has 1 unspecified atom stereocenters. The number of para-hydroxylation sites is 2. The summed E-state index contributed by atoms with van der Waals surface area (Å²) in [6.45, 7) is 3.53. The third-order valence-corrected chi connectivity index (χ3v) is 6.98. The highest BCUT2D eigenvalue weighted by molar-refractivity contribution is 6.30. The maximum absolute atomic E-state index is 12.6. The molecule has 8 nitrogen and oxygen atoms in total. The van der Waals surface area contributed by atoms with E-state index < -0.39 is 5.60 Å². The molecule has 0 saturated carbocycles. The number of β-amino-alcohol motifs (C(OH)–C–C–N with tert-alkyl or cyclic N) is 1. The minimum atomic E-state index is -1.13. The van der Waals surface area contributed by atoms with E-state index in [9.17, 15) is 9.90 Å². The molecule has 0 radical (unpaired) electrons. The van der Waals surface area contributed by atoms with Crippen LogP contribution in [0.3, 0.4) is 0 Å². The van der Waals surface area contributed by atoms with E-state index in [0.29, 0.717) is 50.2 Å². The number of aromatic nitrogens is 2. The number of halogens is 1. The van der Waals surface area contributed by atoms with Crippen LogP contribution in [0.25, 0.3) is 11.0 Å². The second kappa shape index (κ2) is 11.6. The first-order valence-electron chi connectivity index (χ1n) is 12.7. The lowest BCUT2D eigenvalue weighted by atomic mass is 10.1. The number of rotatable bonds is 9. The van der Waals surface area contributed by atoms with E-state index in [1.807, 2.05) is 48.5 Å². The standard InChI is InChI=1S/C29H32ClN3O5/c1-31-26-4-2-3-5-27(26)33(28(31)34)15-17-37-24-10-6-22(7-11-24)18-32-14-16-36-20-29(35,19-32)21-38-25-12-8-23(30)9-13-25/h2-13,35H,14-21H2,1H3. The van der Waals surface area contributed by atoms with Crippen LogP contribution < -0.4 is 15.2 Å². The molecule has 0 amide bonds. The number of hydrogen-bond acceptors (Lipinski definition) is 6. The lowest BCUT2D eigenvalue weighted by Crippen LogP contribution is -2.48. The van der Waals surface area contributed by atoms with Crippen LogP contribution >= 0.6 is 11.6 Å². The van der Waals surface area contributed by atoms with Crippen molar-refractivity contribution in [3.05, 3.63) is 93.9 Å². The third-order valence-electron chi connectivity index (χ3n) is 6.73. The van der Waals surface area contributed by atoms with Crippen molar-refractivity contribution >= 4 is 22.6 Å². The maximum atomic E-state index is 12.6. The normalized spacial score (nSPS) is 18.4. The van der Waals surface area contributed by atoms with Gasteiger partial charge in [-0.3, -0.25) is 14.0 Å². The summed E-state index contributed by atoms with van der Waals surface area (Å²) in [6.07, 6.45) is 0. The average Bonchev–Trinajstić information content (AvgIpc) is 3.04. The second-order valence-corrected chi connectivity index (χ2v) is 10.1. The third kappa shape index (κ3) is 6.22. The summed E-state index contributed by atoms with van der Waals surface area (Å²) in [5, 5.41) is 11.8. The van der Waals surface area contributed by atoms with Crippen LogP contribution in [-0.2, 0) is 24.9 Å². The summed E-state index contributed by atoms with van der Waals surface area (Å²) < 4.78 is 20.8. The molecular weight excluding hydrogens is 506 g/mol. The van der Waals surface area contributed by atoms with Gasteiger partial charge in [0.2, 0.25) is 0 Å². The first-order chi connectivity index (χ1) is 18.4. The zero-order chi connectivity index (χ0) is 26.5. The van der Waals surface area contributed by atoms with Crippen LogP contribution in [0.4, 0.5) is 0 Å². The Bertz CT molecular complexity index is 1420. The van der Waals surface area contributed by atoms with Crippen molar-refractivity contribution in [3.63, 3.8) is 0 Å². The molecule has 1 aliphatic rings. The van der Waals surface area contributed by atoms with Crippen molar-refractivity contribution in [2.75, 3.05) is 39.5 Å². The van der Waals surface area contributed by atoms with Gasteiger partial charge in [0, 0.05) is 31.7 Å². The number of nitrogens with zero attached hydrogens (tertiary/aromatic N) is 3. The van der Waals surface area contributed by atoms with Crippen molar-refractivity contribution in [1.29, 1.82) is 0 Å². The van der Waals surface area contributed by atoms with Crippen LogP contribution in [0.1, 0.15) is 5.56 Å². The lowest BCUT2D eigenvalue weighted by Gasteiger charge is -2.30. The van der Waals surface area contributed by atoms with Gasteiger partial charge in [-0.1, -0.05) is 35.9 Å². The molecule has 0 spiro atoms. The second-order valence-electron chi connectivity index (χ2n) is 9.70. The zero-order valence-corrected chi connectivity index (χ0v) is 22.1. The number of benzene rings is 3. The molecule has 1 fully saturated rings. The Morgan fingerprint density at radius 3 is 2.42 bits per heavy atom. The molecule has 4 aromatic rings. The van der Waals surface area contributed by atoms with Crippen molar-refractivity contribution in [2.45, 2.75) is 18.7 Å². The molecule has 2 heterocycles. The number of aryl methyl sites for hydroxylation is 1. The van der Waals surface area contributed by atoms with Gasteiger partial charge in [-0.25, -0.2) is 4.79 Å². The molecule has 0 bridgehead atoms. The van der Waals surface area contributed by atoms with Crippen LogP contribution in [0, 0.1) is 0 Å². The lowest BCUT2D eigenvalue weighted by molar-refractivity contribution is -0.0646. The Labute approximate surface area is 226 Å². The highest BCUT2D eigenvalue weighted by Crippen LogP contribution is 2.21. The molecule has 1 atom stereocenters. The molecule has 5 rings (SSSR count). The SMILES string of the molecule is Cn1c(=O)n(CCOc2ccc(CN3CCOCC(O)(COc4ccc(Cl)cc4)C3)cc2)c2ccccc21. The summed E-state index contributed by atoms with van der Waals surface area (Å²) in [5.74, 6) is 1.40. The monoisotopic (exact) mass is 537 g/mol. The van der Waals surface area contributed by atoms with E-state index in [4.69, 9.17) is 25.8 Å². The van der Waals surface area contributed by atoms with Gasteiger partial charge in [-0.15, -0.1) is 0 Å². The smallest absolute Gasteiger partial charge is 0.328 e. The maximum Gasteiger partial charge on any atom is 0.328 e. The number of hydrogen-bond donors (Lipinski definition) is 1. The summed E-state index contributed by atoms with van der Waals surface area (Å²) in [7, 11) is 1.78. The molecule has 3 aromatic carbocycles. The van der Waals surface area contributed by atoms with Gasteiger partial charge < -0.3 is 19.3 Å². The fraction of sp³-hybridized carbons (Fsp3) is 0.345. The summed E-state index contributed by atoms with van der Waals surface area (Å²) in [4.78, 5) is 14.8. The van der Waals surface area contributed by atoms with E-state index in [-0.39, 0.29) is 18.9 Å². The summed E-state index contributed by atoms with van der Waals surface area (Å²) >= 11 is 5.94. The number of ether oxygens (including phenoxy) is 3. The van der Waals surface area contributed by atoms with Crippen molar-refractivity contribution in [1.82, 2.24) is 14.0 Å². The van der Waals surface area contributed by atoms with Crippen LogP contribution in [0.15, 0.2) is 77.6 Å². The first-order valence-corrected chi connectivity index (χ1v) is 13.0. The Balaban J connectivity index is 1.14. The Hall–Kier alpha value is -3.30. The van der Waals surface area contributed by atoms with E-state index in [2.05, 4.69) is 4.90 Å². The average molecular weight is 538 g/mol. The Morgan fingerprint density at radius 2 is 1.66 bits per heavy atom. The first kappa shape index (κ1) is 26.3. The minimum Gasteiger partial charge on any atom is -0.492 e. The van der Waals surface area contributed by atoms with Crippen LogP contribution in [-0.4, -0.2) is 64.3 Å². The molecule has 200 valence electrons. The molecule has 1 N–H and O–H groups in total.